The Morgan fingerprint density at radius 1 is 0.492 bits per heavy atom. The maximum atomic E-state index is 14.8. The molecule has 0 heterocycles. The molecule has 10 aromatic rings. The summed E-state index contributed by atoms with van der Waals surface area (Å²) in [5.41, 5.74) is 7.47. The number of aliphatic imine (C=N–C) groups is 2. The minimum Gasteiger partial charge on any atom is -0.872 e. The maximum absolute atomic E-state index is 14.8. The highest BCUT2D eigenvalue weighted by Gasteiger charge is 2.22. The maximum Gasteiger partial charge on any atom is 0.330 e. The molecule has 0 bridgehead atoms. The lowest BCUT2D eigenvalue weighted by Gasteiger charge is -2.24. The molecule has 2 N–H and O–H groups in total. The summed E-state index contributed by atoms with van der Waals surface area (Å²) >= 11 is 0. The van der Waals surface area contributed by atoms with Gasteiger partial charge in [-0.2, -0.15) is 0 Å². The Morgan fingerprint density at radius 3 is 1.44 bits per heavy atom. The molecule has 10 rings (SSSR count). The zero-order chi connectivity index (χ0) is 42.9. The van der Waals surface area contributed by atoms with E-state index in [2.05, 4.69) is 58.5 Å². The highest BCUT2D eigenvalue weighted by molar-refractivity contribution is 6.16. The molecule has 6 nitrogen and oxygen atoms in total. The van der Waals surface area contributed by atoms with Crippen molar-refractivity contribution in [3.63, 3.8) is 0 Å². The first-order valence-corrected chi connectivity index (χ1v) is 20.8. The molecule has 0 aliphatic heterocycles. The summed E-state index contributed by atoms with van der Waals surface area (Å²) in [6.07, 6.45) is 2.89. The van der Waals surface area contributed by atoms with E-state index < -0.39 is 12.0 Å². The summed E-state index contributed by atoms with van der Waals surface area (Å²) in [5.74, 6) is -1.41. The Hall–Kier alpha value is -8.35. The lowest BCUT2D eigenvalue weighted by atomic mass is 9.86. The predicted molar refractivity (Wildman–Crippen MR) is 257 cm³/mol. The molecule has 0 aliphatic rings. The lowest BCUT2D eigenvalue weighted by Crippen LogP contribution is -2.21. The van der Waals surface area contributed by atoms with Crippen LogP contribution < -0.4 is 5.11 Å². The Kier molecular flexibility index (Phi) is 10.2. The number of hydrogen-bond donors (Lipinski definition) is 2. The van der Waals surface area contributed by atoms with Crippen molar-refractivity contribution in [2.75, 3.05) is 6.54 Å². The number of phenols is 1. The molecule has 1 atom stereocenters. The Morgan fingerprint density at radius 2 is 0.921 bits per heavy atom. The van der Waals surface area contributed by atoms with Crippen LogP contribution in [0.4, 0.5) is 0 Å². The molecule has 0 radical (unpaired) electrons. The number of carboxylic acids is 1. The van der Waals surface area contributed by atoms with Crippen molar-refractivity contribution >= 4 is 61.5 Å². The fourth-order valence-electron chi connectivity index (χ4n) is 8.81. The zero-order valence-corrected chi connectivity index (χ0v) is 34.0. The number of rotatable bonds is 10. The monoisotopic (exact) mass is 815 g/mol. The smallest absolute Gasteiger partial charge is 0.330 e. The van der Waals surface area contributed by atoms with Gasteiger partial charge < -0.3 is 15.3 Å². The van der Waals surface area contributed by atoms with Gasteiger partial charge in [-0.25, -0.2) is 4.79 Å². The van der Waals surface area contributed by atoms with E-state index in [1.165, 1.54) is 12.4 Å². The van der Waals surface area contributed by atoms with Crippen LogP contribution in [0.3, 0.4) is 0 Å². The summed E-state index contributed by atoms with van der Waals surface area (Å²) in [6, 6.07) is 62.5. The van der Waals surface area contributed by atoms with Crippen molar-refractivity contribution in [3.8, 4) is 56.0 Å². The van der Waals surface area contributed by atoms with Gasteiger partial charge in [0.2, 0.25) is 0 Å². The van der Waals surface area contributed by atoms with Gasteiger partial charge in [-0.1, -0.05) is 188 Å². The minimum atomic E-state index is -1.30. The average Bonchev–Trinajstić information content (AvgIpc) is 3.33. The highest BCUT2D eigenvalue weighted by atomic mass is 16.4. The topological polar surface area (TPSA) is 105 Å². The second-order valence-electron chi connectivity index (χ2n) is 15.6. The van der Waals surface area contributed by atoms with Crippen molar-refractivity contribution in [1.29, 1.82) is 0 Å². The van der Waals surface area contributed by atoms with Gasteiger partial charge in [0.1, 0.15) is 5.75 Å². The van der Waals surface area contributed by atoms with Crippen LogP contribution in [0, 0.1) is 0 Å². The Bertz CT molecular complexity index is 3430. The molecule has 0 spiro atoms. The number of benzene rings is 10. The van der Waals surface area contributed by atoms with Crippen LogP contribution in [0.5, 0.6) is 11.5 Å². The number of carbonyl (C=O) groups is 1. The fourth-order valence-corrected chi connectivity index (χ4v) is 8.81. The van der Waals surface area contributed by atoms with Gasteiger partial charge in [0.25, 0.3) is 0 Å². The summed E-state index contributed by atoms with van der Waals surface area (Å²) in [7, 11) is 0. The predicted octanol–water partition coefficient (Wildman–Crippen LogP) is 12.7. The number of aliphatic carboxylic acids is 1. The van der Waals surface area contributed by atoms with Crippen molar-refractivity contribution < 1.29 is 20.1 Å². The third kappa shape index (κ3) is 7.23. The van der Waals surface area contributed by atoms with Crippen LogP contribution in [0.15, 0.2) is 204 Å². The second kappa shape index (κ2) is 16.6. The second-order valence-corrected chi connectivity index (χ2v) is 15.6. The first-order valence-electron chi connectivity index (χ1n) is 20.8. The van der Waals surface area contributed by atoms with Gasteiger partial charge >= 0.3 is 5.97 Å². The van der Waals surface area contributed by atoms with E-state index in [0.717, 1.165) is 76.5 Å². The molecule has 0 saturated carbocycles. The fraction of sp³-hybridized carbons (Fsp3) is 0.0351. The Balaban J connectivity index is 1.05. The van der Waals surface area contributed by atoms with Crippen LogP contribution in [-0.4, -0.2) is 41.2 Å². The molecule has 0 fully saturated rings. The quantitative estimate of drug-likeness (QED) is 0.134. The van der Waals surface area contributed by atoms with E-state index in [1.807, 2.05) is 146 Å². The third-order valence-electron chi connectivity index (χ3n) is 11.8. The van der Waals surface area contributed by atoms with Crippen LogP contribution in [-0.2, 0) is 4.79 Å². The molecule has 6 heteroatoms. The van der Waals surface area contributed by atoms with E-state index in [9.17, 15) is 20.1 Å². The number of nitrogens with zero attached hydrogens (tertiary/aromatic N) is 2. The van der Waals surface area contributed by atoms with E-state index in [1.54, 1.807) is 0 Å². The van der Waals surface area contributed by atoms with Gasteiger partial charge in [-0.3, -0.25) is 9.98 Å². The van der Waals surface area contributed by atoms with Gasteiger partial charge in [0.15, 0.2) is 6.04 Å². The molecule has 0 aromatic heterocycles. The molecule has 302 valence electrons. The lowest BCUT2D eigenvalue weighted by molar-refractivity contribution is -0.267. The molecule has 0 aliphatic carbocycles. The van der Waals surface area contributed by atoms with Crippen LogP contribution in [0.2, 0.25) is 0 Å². The Labute approximate surface area is 364 Å². The first kappa shape index (κ1) is 38.8. The summed E-state index contributed by atoms with van der Waals surface area (Å²) in [6.45, 7) is -0.236. The number of carboxylic acid groups (broad SMARTS) is 1. The number of aromatic hydroxyl groups is 1. The SMILES string of the molecule is O=C(O)[C@H](CN=Cc1cc2ccccc2c(-c2c(-c3ccccc3)ccc3ccccc23)c1[O-])N=Cc1cc2ccccc2c(-c2c(-c3ccccc3)ccc3ccccc23)c1O. The largest absolute Gasteiger partial charge is 0.872 e. The van der Waals surface area contributed by atoms with Gasteiger partial charge in [0, 0.05) is 29.1 Å². The van der Waals surface area contributed by atoms with Crippen LogP contribution in [0.1, 0.15) is 11.1 Å². The van der Waals surface area contributed by atoms with E-state index >= 15 is 0 Å². The number of hydrogen-bond acceptors (Lipinski definition) is 5. The standard InChI is InChI=1S/C57H40N2O4/c60-55-42(31-40-21-9-13-25-46(40)53(55)51-44-23-11-7-19-38(44)27-29-48(51)36-15-3-1-4-16-36)33-58-35-50(57(62)63)59-34-43-32-41-22-10-14-26-47(41)54(56(43)61)52-45-24-12-8-20-39(45)28-30-49(52)37-17-5-2-6-18-37/h1-34,50,60-61H,35H2,(H,62,63)/p-1/t50-/m0/s1. The molecular formula is C57H39N2O4-. The minimum absolute atomic E-state index is 0.0124. The van der Waals surface area contributed by atoms with Crippen molar-refractivity contribution in [3.05, 3.63) is 205 Å². The van der Waals surface area contributed by atoms with E-state index in [4.69, 9.17) is 0 Å². The first-order chi connectivity index (χ1) is 30.9. The molecule has 0 unspecified atom stereocenters. The molecule has 63 heavy (non-hydrogen) atoms. The van der Waals surface area contributed by atoms with Crippen molar-refractivity contribution in [2.24, 2.45) is 9.98 Å². The molecule has 0 saturated heterocycles. The molecular weight excluding hydrogens is 777 g/mol. The summed E-state index contributed by atoms with van der Waals surface area (Å²) in [5, 5.41) is 44.8. The van der Waals surface area contributed by atoms with Crippen LogP contribution >= 0.6 is 0 Å². The van der Waals surface area contributed by atoms with Crippen LogP contribution in [0.25, 0.3) is 87.6 Å². The van der Waals surface area contributed by atoms with Crippen molar-refractivity contribution in [1.82, 2.24) is 0 Å². The van der Waals surface area contributed by atoms with E-state index in [0.29, 0.717) is 22.3 Å². The average molecular weight is 816 g/mol. The zero-order valence-electron chi connectivity index (χ0n) is 34.0. The number of fused-ring (bicyclic) bond motifs is 4. The van der Waals surface area contributed by atoms with Gasteiger partial charge in [-0.15, -0.1) is 0 Å². The summed E-state index contributed by atoms with van der Waals surface area (Å²) < 4.78 is 0. The summed E-state index contributed by atoms with van der Waals surface area (Å²) in [4.78, 5) is 21.8. The van der Waals surface area contributed by atoms with Gasteiger partial charge in [0.05, 0.1) is 6.54 Å². The number of phenolic OH excluding ortho intramolecular Hbond substituents is 1. The molecule has 10 aromatic carbocycles. The third-order valence-corrected chi connectivity index (χ3v) is 11.8. The highest BCUT2D eigenvalue weighted by Crippen LogP contribution is 2.48. The van der Waals surface area contributed by atoms with E-state index in [-0.39, 0.29) is 18.0 Å². The van der Waals surface area contributed by atoms with Gasteiger partial charge in [-0.05, 0) is 94.2 Å². The molecule has 0 amide bonds. The van der Waals surface area contributed by atoms with Crippen molar-refractivity contribution in [2.45, 2.75) is 6.04 Å². The normalized spacial score (nSPS) is 12.3.